The number of ether oxygens (including phenoxy) is 1. The molecule has 0 spiro atoms. The number of aromatic nitrogens is 5. The average Bonchev–Trinajstić information content (AvgIpc) is 3.48. The molecule has 0 aliphatic rings. The normalized spacial score (nSPS) is 11.1. The molecular weight excluding hydrogens is 380 g/mol. The minimum absolute atomic E-state index is 0.0122. The second kappa shape index (κ2) is 7.64. The molecule has 4 aromatic rings. The van der Waals surface area contributed by atoms with Crippen LogP contribution in [0.5, 0.6) is 5.75 Å². The number of rotatable bonds is 6. The standard InChI is InChI=1S/C17H14N8O4/c1-27-11-5-2-4-10(8-11)14-13(17(26)21-19-9-12-6-3-7-28-12)20-24-25(14)16-15(18)22-29-23-16/h2-9H,1H3,(H2,18,22)(H,21,26)/b19-9-. The second-order valence-electron chi connectivity index (χ2n) is 5.62. The molecule has 0 atom stereocenters. The van der Waals surface area contributed by atoms with Gasteiger partial charge in [0.05, 0.1) is 19.6 Å². The number of nitrogens with one attached hydrogen (secondary N) is 1. The fourth-order valence-electron chi connectivity index (χ4n) is 2.52. The lowest BCUT2D eigenvalue weighted by Crippen LogP contribution is -2.19. The lowest BCUT2D eigenvalue weighted by Gasteiger charge is -2.07. The van der Waals surface area contributed by atoms with Gasteiger partial charge in [-0.05, 0) is 34.6 Å². The van der Waals surface area contributed by atoms with Gasteiger partial charge in [-0.2, -0.15) is 9.78 Å². The molecule has 12 heteroatoms. The van der Waals surface area contributed by atoms with Gasteiger partial charge in [0.1, 0.15) is 17.2 Å². The molecule has 0 aliphatic heterocycles. The smallest absolute Gasteiger partial charge is 0.294 e. The Balaban J connectivity index is 1.74. The van der Waals surface area contributed by atoms with Gasteiger partial charge in [-0.3, -0.25) is 4.79 Å². The number of methoxy groups -OCH3 is 1. The number of nitrogen functional groups attached to an aromatic ring is 1. The first-order chi connectivity index (χ1) is 14.2. The monoisotopic (exact) mass is 394 g/mol. The number of carbonyl (C=O) groups excluding carboxylic acids is 1. The van der Waals surface area contributed by atoms with Gasteiger partial charge in [-0.25, -0.2) is 10.1 Å². The number of hydrogen-bond donors (Lipinski definition) is 2. The third-order valence-corrected chi connectivity index (χ3v) is 3.83. The Labute approximate surface area is 162 Å². The topological polar surface area (TPSA) is 159 Å². The number of furan rings is 1. The van der Waals surface area contributed by atoms with Crippen molar-refractivity contribution in [2.45, 2.75) is 0 Å². The third kappa shape index (κ3) is 3.53. The third-order valence-electron chi connectivity index (χ3n) is 3.83. The van der Waals surface area contributed by atoms with Crippen LogP contribution in [0.1, 0.15) is 16.2 Å². The predicted molar refractivity (Wildman–Crippen MR) is 99.4 cm³/mol. The van der Waals surface area contributed by atoms with Crippen molar-refractivity contribution >= 4 is 17.9 Å². The molecule has 0 aliphatic carbocycles. The Hall–Kier alpha value is -4.48. The predicted octanol–water partition coefficient (Wildman–Crippen LogP) is 1.26. The number of amides is 1. The highest BCUT2D eigenvalue weighted by atomic mass is 16.6. The summed E-state index contributed by atoms with van der Waals surface area (Å²) >= 11 is 0. The summed E-state index contributed by atoms with van der Waals surface area (Å²) in [6.45, 7) is 0. The van der Waals surface area contributed by atoms with Crippen LogP contribution >= 0.6 is 0 Å². The highest BCUT2D eigenvalue weighted by molar-refractivity contribution is 5.98. The molecule has 3 N–H and O–H groups in total. The number of carbonyl (C=O) groups is 1. The van der Waals surface area contributed by atoms with E-state index >= 15 is 0 Å². The van der Waals surface area contributed by atoms with E-state index in [2.05, 4.69) is 35.8 Å². The van der Waals surface area contributed by atoms with Crippen molar-refractivity contribution in [1.29, 1.82) is 0 Å². The first-order valence-electron chi connectivity index (χ1n) is 8.23. The van der Waals surface area contributed by atoms with Crippen LogP contribution in [0.3, 0.4) is 0 Å². The van der Waals surface area contributed by atoms with Crippen molar-refractivity contribution in [2.24, 2.45) is 5.10 Å². The van der Waals surface area contributed by atoms with E-state index in [0.29, 0.717) is 22.8 Å². The maximum Gasteiger partial charge on any atom is 0.294 e. The molecule has 0 fully saturated rings. The summed E-state index contributed by atoms with van der Waals surface area (Å²) in [6, 6.07) is 10.4. The minimum atomic E-state index is -0.605. The zero-order valence-electron chi connectivity index (χ0n) is 15.0. The molecule has 29 heavy (non-hydrogen) atoms. The molecule has 3 aromatic heterocycles. The van der Waals surface area contributed by atoms with E-state index in [9.17, 15) is 4.79 Å². The van der Waals surface area contributed by atoms with Crippen molar-refractivity contribution in [2.75, 3.05) is 12.8 Å². The van der Waals surface area contributed by atoms with E-state index < -0.39 is 5.91 Å². The lowest BCUT2D eigenvalue weighted by atomic mass is 10.1. The lowest BCUT2D eigenvalue weighted by molar-refractivity contribution is 0.0950. The van der Waals surface area contributed by atoms with Gasteiger partial charge in [-0.15, -0.1) is 5.10 Å². The van der Waals surface area contributed by atoms with Crippen LogP contribution in [0.4, 0.5) is 5.82 Å². The molecule has 146 valence electrons. The Bertz CT molecular complexity index is 1160. The number of nitrogens with two attached hydrogens (primary N) is 1. The Morgan fingerprint density at radius 1 is 1.31 bits per heavy atom. The zero-order chi connectivity index (χ0) is 20.2. The summed E-state index contributed by atoms with van der Waals surface area (Å²) in [5, 5.41) is 19.1. The van der Waals surface area contributed by atoms with Gasteiger partial charge in [0, 0.05) is 5.56 Å². The average molecular weight is 394 g/mol. The summed E-state index contributed by atoms with van der Waals surface area (Å²) in [4.78, 5) is 12.7. The SMILES string of the molecule is COc1cccc(-c2c(C(=O)N/N=C\c3ccco3)nnn2-c2nonc2N)c1. The fraction of sp³-hybridized carbons (Fsp3) is 0.0588. The Morgan fingerprint density at radius 3 is 2.93 bits per heavy atom. The van der Waals surface area contributed by atoms with E-state index in [1.807, 2.05) is 0 Å². The molecule has 1 aromatic carbocycles. The van der Waals surface area contributed by atoms with Gasteiger partial charge >= 0.3 is 0 Å². The number of hydrazone groups is 1. The Kier molecular flexibility index (Phi) is 4.72. The quantitative estimate of drug-likeness (QED) is 0.362. The van der Waals surface area contributed by atoms with E-state index in [0.717, 1.165) is 0 Å². The maximum atomic E-state index is 12.7. The van der Waals surface area contributed by atoms with Crippen LogP contribution in [-0.2, 0) is 0 Å². The van der Waals surface area contributed by atoms with Crippen LogP contribution in [-0.4, -0.2) is 44.5 Å². The van der Waals surface area contributed by atoms with Gasteiger partial charge in [0.15, 0.2) is 5.69 Å². The van der Waals surface area contributed by atoms with Crippen molar-refractivity contribution in [3.05, 3.63) is 54.1 Å². The van der Waals surface area contributed by atoms with Gasteiger partial charge < -0.3 is 14.9 Å². The summed E-state index contributed by atoms with van der Waals surface area (Å²) in [7, 11) is 1.53. The summed E-state index contributed by atoms with van der Waals surface area (Å²) in [6.07, 6.45) is 2.85. The molecule has 1 amide bonds. The van der Waals surface area contributed by atoms with Crippen LogP contribution in [0.25, 0.3) is 17.1 Å². The first kappa shape index (κ1) is 17.9. The minimum Gasteiger partial charge on any atom is -0.497 e. The number of anilines is 1. The summed E-state index contributed by atoms with van der Waals surface area (Å²) in [5.41, 5.74) is 9.03. The van der Waals surface area contributed by atoms with E-state index in [1.54, 1.807) is 36.4 Å². The van der Waals surface area contributed by atoms with Crippen molar-refractivity contribution in [3.8, 4) is 22.8 Å². The first-order valence-corrected chi connectivity index (χ1v) is 8.23. The van der Waals surface area contributed by atoms with Gasteiger partial charge in [0.25, 0.3) is 5.91 Å². The van der Waals surface area contributed by atoms with Crippen LogP contribution in [0, 0.1) is 0 Å². The molecule has 0 saturated carbocycles. The maximum absolute atomic E-state index is 12.7. The molecule has 4 rings (SSSR count). The zero-order valence-corrected chi connectivity index (χ0v) is 15.0. The van der Waals surface area contributed by atoms with Gasteiger partial charge in [0.2, 0.25) is 11.6 Å². The number of benzene rings is 1. The molecule has 0 unspecified atom stereocenters. The largest absolute Gasteiger partial charge is 0.497 e. The highest BCUT2D eigenvalue weighted by Gasteiger charge is 2.25. The second-order valence-corrected chi connectivity index (χ2v) is 5.62. The number of nitrogens with zero attached hydrogens (tertiary/aromatic N) is 6. The molecular formula is C17H14N8O4. The van der Waals surface area contributed by atoms with Gasteiger partial charge in [-0.1, -0.05) is 17.3 Å². The van der Waals surface area contributed by atoms with Crippen LogP contribution < -0.4 is 15.9 Å². The molecule has 12 nitrogen and oxygen atoms in total. The van der Waals surface area contributed by atoms with E-state index in [-0.39, 0.29) is 17.3 Å². The fourth-order valence-corrected chi connectivity index (χ4v) is 2.52. The highest BCUT2D eigenvalue weighted by Crippen LogP contribution is 2.28. The van der Waals surface area contributed by atoms with E-state index in [4.69, 9.17) is 14.9 Å². The van der Waals surface area contributed by atoms with E-state index in [1.165, 1.54) is 24.3 Å². The molecule has 3 heterocycles. The summed E-state index contributed by atoms with van der Waals surface area (Å²) < 4.78 is 16.3. The molecule has 0 saturated heterocycles. The molecule has 0 radical (unpaired) electrons. The van der Waals surface area contributed by atoms with Crippen LogP contribution in [0.15, 0.2) is 56.8 Å². The molecule has 0 bridgehead atoms. The van der Waals surface area contributed by atoms with Crippen molar-refractivity contribution in [3.63, 3.8) is 0 Å². The van der Waals surface area contributed by atoms with Crippen LogP contribution in [0.2, 0.25) is 0 Å². The number of hydrogen-bond acceptors (Lipinski definition) is 10. The van der Waals surface area contributed by atoms with Crippen molar-refractivity contribution in [1.82, 2.24) is 30.7 Å². The Morgan fingerprint density at radius 2 is 2.21 bits per heavy atom. The van der Waals surface area contributed by atoms with Crippen molar-refractivity contribution < 1.29 is 18.6 Å². The summed E-state index contributed by atoms with van der Waals surface area (Å²) in [5.74, 6) is 0.523.